The van der Waals surface area contributed by atoms with Crippen LogP contribution in [-0.2, 0) is 20.9 Å². The Hall–Kier alpha value is -2.90. The number of aromatic nitrogens is 2. The molecule has 1 heterocycles. The standard InChI is InChI=1S/C19H23N3O5/c1-13-7-5-6-10-15(13)20-16(23)12-26-17(24)11-22-19(25)27-18(21-22)14-8-3-2-4-9-14/h2-4,8-9,13,15H,5-7,10-12H2,1H3,(H,20,23). The molecule has 1 fully saturated rings. The second-order valence-electron chi connectivity index (χ2n) is 6.79. The molecule has 0 bridgehead atoms. The zero-order valence-electron chi connectivity index (χ0n) is 15.2. The number of amides is 1. The van der Waals surface area contributed by atoms with E-state index in [1.807, 2.05) is 6.07 Å². The Labute approximate surface area is 156 Å². The first-order chi connectivity index (χ1) is 13.0. The first-order valence-corrected chi connectivity index (χ1v) is 9.11. The topological polar surface area (TPSA) is 103 Å². The summed E-state index contributed by atoms with van der Waals surface area (Å²) in [4.78, 5) is 35.7. The van der Waals surface area contributed by atoms with E-state index >= 15 is 0 Å². The van der Waals surface area contributed by atoms with Crippen LogP contribution in [0.3, 0.4) is 0 Å². The zero-order valence-corrected chi connectivity index (χ0v) is 15.2. The fourth-order valence-electron chi connectivity index (χ4n) is 3.20. The van der Waals surface area contributed by atoms with Gasteiger partial charge in [-0.25, -0.2) is 4.79 Å². The summed E-state index contributed by atoms with van der Waals surface area (Å²) < 4.78 is 10.9. The maximum absolute atomic E-state index is 12.0. The molecule has 0 radical (unpaired) electrons. The number of carbonyl (C=O) groups is 2. The Kier molecular flexibility index (Phi) is 6.05. The molecule has 1 aromatic heterocycles. The van der Waals surface area contributed by atoms with Crippen molar-refractivity contribution in [2.45, 2.75) is 45.2 Å². The smallest absolute Gasteiger partial charge is 0.437 e. The molecule has 2 unspecified atom stereocenters. The van der Waals surface area contributed by atoms with E-state index in [0.29, 0.717) is 11.5 Å². The predicted octanol–water partition coefficient (Wildman–Crippen LogP) is 1.74. The zero-order chi connectivity index (χ0) is 19.2. The first-order valence-electron chi connectivity index (χ1n) is 9.11. The van der Waals surface area contributed by atoms with Gasteiger partial charge in [-0.2, -0.15) is 4.68 Å². The van der Waals surface area contributed by atoms with Gasteiger partial charge in [-0.15, -0.1) is 5.10 Å². The molecule has 1 saturated carbocycles. The summed E-state index contributed by atoms with van der Waals surface area (Å²) in [6.07, 6.45) is 4.30. The average molecular weight is 373 g/mol. The van der Waals surface area contributed by atoms with Crippen molar-refractivity contribution in [1.29, 1.82) is 0 Å². The molecule has 2 aromatic rings. The Morgan fingerprint density at radius 3 is 2.74 bits per heavy atom. The van der Waals surface area contributed by atoms with Crippen molar-refractivity contribution < 1.29 is 18.7 Å². The first kappa shape index (κ1) is 18.9. The van der Waals surface area contributed by atoms with Gasteiger partial charge in [0.1, 0.15) is 6.54 Å². The third kappa shape index (κ3) is 5.06. The highest BCUT2D eigenvalue weighted by Crippen LogP contribution is 2.23. The van der Waals surface area contributed by atoms with Crippen LogP contribution in [-0.4, -0.2) is 34.3 Å². The van der Waals surface area contributed by atoms with Gasteiger partial charge in [-0.05, 0) is 30.9 Å². The Balaban J connectivity index is 1.50. The molecule has 1 N–H and O–H groups in total. The van der Waals surface area contributed by atoms with E-state index in [0.717, 1.165) is 23.9 Å². The van der Waals surface area contributed by atoms with Crippen LogP contribution in [0.1, 0.15) is 32.6 Å². The van der Waals surface area contributed by atoms with Gasteiger partial charge in [0, 0.05) is 11.6 Å². The van der Waals surface area contributed by atoms with E-state index in [-0.39, 0.29) is 24.4 Å². The van der Waals surface area contributed by atoms with Gasteiger partial charge in [0.15, 0.2) is 6.61 Å². The lowest BCUT2D eigenvalue weighted by molar-refractivity contribution is -0.149. The van der Waals surface area contributed by atoms with Crippen LogP contribution in [0.15, 0.2) is 39.5 Å². The molecule has 144 valence electrons. The summed E-state index contributed by atoms with van der Waals surface area (Å²) >= 11 is 0. The predicted molar refractivity (Wildman–Crippen MR) is 96.7 cm³/mol. The molecule has 0 aliphatic heterocycles. The molecule has 8 heteroatoms. The number of esters is 1. The summed E-state index contributed by atoms with van der Waals surface area (Å²) in [5.74, 6) is -1.27. The van der Waals surface area contributed by atoms with E-state index in [4.69, 9.17) is 9.15 Å². The summed E-state index contributed by atoms with van der Waals surface area (Å²) in [5, 5.41) is 6.89. The van der Waals surface area contributed by atoms with Crippen LogP contribution in [0.5, 0.6) is 0 Å². The van der Waals surface area contributed by atoms with Crippen LogP contribution in [0.2, 0.25) is 0 Å². The summed E-state index contributed by atoms with van der Waals surface area (Å²) in [6.45, 7) is 1.32. The molecule has 1 aliphatic carbocycles. The lowest BCUT2D eigenvalue weighted by Gasteiger charge is -2.29. The molecule has 3 rings (SSSR count). The molecular weight excluding hydrogens is 350 g/mol. The van der Waals surface area contributed by atoms with Crippen LogP contribution in [0.4, 0.5) is 0 Å². The molecule has 0 saturated heterocycles. The Morgan fingerprint density at radius 1 is 1.26 bits per heavy atom. The van der Waals surface area contributed by atoms with Gasteiger partial charge >= 0.3 is 11.7 Å². The van der Waals surface area contributed by atoms with Crippen molar-refractivity contribution in [2.24, 2.45) is 5.92 Å². The van der Waals surface area contributed by atoms with Crippen LogP contribution in [0.25, 0.3) is 11.5 Å². The minimum Gasteiger partial charge on any atom is -0.454 e. The Morgan fingerprint density at radius 2 is 2.00 bits per heavy atom. The van der Waals surface area contributed by atoms with Gasteiger partial charge in [-0.1, -0.05) is 38.0 Å². The maximum Gasteiger partial charge on any atom is 0.437 e. The van der Waals surface area contributed by atoms with Crippen molar-refractivity contribution in [1.82, 2.24) is 15.1 Å². The van der Waals surface area contributed by atoms with Crippen LogP contribution < -0.4 is 11.1 Å². The molecular formula is C19H23N3O5. The maximum atomic E-state index is 12.0. The molecule has 1 aliphatic rings. The molecule has 1 aromatic carbocycles. The monoisotopic (exact) mass is 373 g/mol. The quantitative estimate of drug-likeness (QED) is 0.774. The van der Waals surface area contributed by atoms with E-state index < -0.39 is 18.3 Å². The lowest BCUT2D eigenvalue weighted by atomic mass is 9.86. The normalized spacial score (nSPS) is 19.4. The second-order valence-corrected chi connectivity index (χ2v) is 6.79. The summed E-state index contributed by atoms with van der Waals surface area (Å²) in [5.41, 5.74) is 0.627. The van der Waals surface area contributed by atoms with Crippen LogP contribution in [0, 0.1) is 5.92 Å². The van der Waals surface area contributed by atoms with Crippen molar-refractivity contribution in [3.05, 3.63) is 40.9 Å². The van der Waals surface area contributed by atoms with Crippen molar-refractivity contribution in [2.75, 3.05) is 6.61 Å². The van der Waals surface area contributed by atoms with Crippen molar-refractivity contribution in [3.63, 3.8) is 0 Å². The number of ether oxygens (including phenoxy) is 1. The fraction of sp³-hybridized carbons (Fsp3) is 0.474. The van der Waals surface area contributed by atoms with Gasteiger partial charge in [0.25, 0.3) is 5.91 Å². The largest absolute Gasteiger partial charge is 0.454 e. The molecule has 1 amide bonds. The van der Waals surface area contributed by atoms with Gasteiger partial charge < -0.3 is 14.5 Å². The SMILES string of the molecule is CC1CCCCC1NC(=O)COC(=O)Cn1nc(-c2ccccc2)oc1=O. The number of rotatable bonds is 6. The third-order valence-electron chi connectivity index (χ3n) is 4.73. The number of nitrogens with one attached hydrogen (secondary N) is 1. The van der Waals surface area contributed by atoms with Gasteiger partial charge in [-0.3, -0.25) is 9.59 Å². The third-order valence-corrected chi connectivity index (χ3v) is 4.73. The van der Waals surface area contributed by atoms with Crippen molar-refractivity contribution >= 4 is 11.9 Å². The number of benzene rings is 1. The summed E-state index contributed by atoms with van der Waals surface area (Å²) in [7, 11) is 0. The van der Waals surface area contributed by atoms with Gasteiger partial charge in [0.05, 0.1) is 0 Å². The molecule has 2 atom stereocenters. The van der Waals surface area contributed by atoms with Crippen molar-refractivity contribution in [3.8, 4) is 11.5 Å². The van der Waals surface area contributed by atoms with Crippen LogP contribution >= 0.6 is 0 Å². The lowest BCUT2D eigenvalue weighted by Crippen LogP contribution is -2.43. The number of nitrogens with zero attached hydrogens (tertiary/aromatic N) is 2. The fourth-order valence-corrected chi connectivity index (χ4v) is 3.20. The van der Waals surface area contributed by atoms with E-state index in [9.17, 15) is 14.4 Å². The molecule has 27 heavy (non-hydrogen) atoms. The molecule has 0 spiro atoms. The van der Waals surface area contributed by atoms with E-state index in [2.05, 4.69) is 17.3 Å². The Bertz CT molecular complexity index is 843. The molecule has 8 nitrogen and oxygen atoms in total. The van der Waals surface area contributed by atoms with Gasteiger partial charge in [0.2, 0.25) is 5.89 Å². The minimum absolute atomic E-state index is 0.122. The second kappa shape index (κ2) is 8.66. The minimum atomic E-state index is -0.758. The summed E-state index contributed by atoms with van der Waals surface area (Å²) in [6, 6.07) is 9.00. The number of hydrogen-bond donors (Lipinski definition) is 1. The number of carbonyl (C=O) groups excluding carboxylic acids is 2. The highest BCUT2D eigenvalue weighted by molar-refractivity contribution is 5.80. The number of hydrogen-bond acceptors (Lipinski definition) is 6. The highest BCUT2D eigenvalue weighted by atomic mass is 16.5. The highest BCUT2D eigenvalue weighted by Gasteiger charge is 2.23. The van der Waals surface area contributed by atoms with E-state index in [1.54, 1.807) is 24.3 Å². The average Bonchev–Trinajstić information content (AvgIpc) is 3.03. The van der Waals surface area contributed by atoms with E-state index in [1.165, 1.54) is 6.42 Å².